The highest BCUT2D eigenvalue weighted by molar-refractivity contribution is 7.12. The summed E-state index contributed by atoms with van der Waals surface area (Å²) in [5.41, 5.74) is 3.36. The van der Waals surface area contributed by atoms with Gasteiger partial charge in [-0.2, -0.15) is 0 Å². The molecule has 0 bridgehead atoms. The molecule has 2 aromatic rings. The molecule has 0 unspecified atom stereocenters. The molecule has 19 heavy (non-hydrogen) atoms. The SMILES string of the molecule is Cc1ncsc1C(=O)/C=C\c1ccc(C(=O)O)cc1. The van der Waals surface area contributed by atoms with Crippen LogP contribution in [-0.4, -0.2) is 21.8 Å². The summed E-state index contributed by atoms with van der Waals surface area (Å²) in [4.78, 5) is 27.2. The summed E-state index contributed by atoms with van der Waals surface area (Å²) in [5, 5.41) is 8.77. The van der Waals surface area contributed by atoms with Crippen molar-refractivity contribution in [2.45, 2.75) is 6.92 Å². The van der Waals surface area contributed by atoms with Crippen molar-refractivity contribution in [1.29, 1.82) is 0 Å². The summed E-state index contributed by atoms with van der Waals surface area (Å²) in [7, 11) is 0. The van der Waals surface area contributed by atoms with Crippen LogP contribution in [-0.2, 0) is 0 Å². The molecule has 0 amide bonds. The Morgan fingerprint density at radius 1 is 1.26 bits per heavy atom. The van der Waals surface area contributed by atoms with E-state index in [-0.39, 0.29) is 11.3 Å². The summed E-state index contributed by atoms with van der Waals surface area (Å²) in [6.45, 7) is 1.79. The number of ketones is 1. The Labute approximate surface area is 114 Å². The number of aromatic nitrogens is 1. The number of rotatable bonds is 4. The fourth-order valence-corrected chi connectivity index (χ4v) is 2.25. The van der Waals surface area contributed by atoms with E-state index < -0.39 is 5.97 Å². The van der Waals surface area contributed by atoms with Crippen molar-refractivity contribution >= 4 is 29.2 Å². The van der Waals surface area contributed by atoms with Crippen molar-refractivity contribution in [3.63, 3.8) is 0 Å². The monoisotopic (exact) mass is 273 g/mol. The van der Waals surface area contributed by atoms with Gasteiger partial charge in [0.05, 0.1) is 21.6 Å². The Morgan fingerprint density at radius 2 is 1.95 bits per heavy atom. The van der Waals surface area contributed by atoms with Crippen LogP contribution in [0.2, 0.25) is 0 Å². The van der Waals surface area contributed by atoms with Crippen molar-refractivity contribution in [2.75, 3.05) is 0 Å². The van der Waals surface area contributed by atoms with E-state index in [0.717, 1.165) is 11.3 Å². The van der Waals surface area contributed by atoms with Crippen molar-refractivity contribution in [3.05, 3.63) is 57.6 Å². The van der Waals surface area contributed by atoms with E-state index in [1.807, 2.05) is 0 Å². The molecule has 0 aliphatic carbocycles. The van der Waals surface area contributed by atoms with E-state index in [4.69, 9.17) is 5.11 Å². The number of carbonyl (C=O) groups is 2. The van der Waals surface area contributed by atoms with E-state index >= 15 is 0 Å². The molecule has 1 aromatic carbocycles. The van der Waals surface area contributed by atoms with Gasteiger partial charge in [0.15, 0.2) is 5.78 Å². The lowest BCUT2D eigenvalue weighted by Crippen LogP contribution is -1.95. The van der Waals surface area contributed by atoms with Crippen LogP contribution in [0.5, 0.6) is 0 Å². The molecule has 0 atom stereocenters. The van der Waals surface area contributed by atoms with Gasteiger partial charge in [0, 0.05) is 0 Å². The van der Waals surface area contributed by atoms with Crippen LogP contribution in [0.15, 0.2) is 35.9 Å². The zero-order chi connectivity index (χ0) is 13.8. The van der Waals surface area contributed by atoms with Crippen molar-refractivity contribution in [1.82, 2.24) is 4.98 Å². The quantitative estimate of drug-likeness (QED) is 0.686. The molecule has 1 N–H and O–H groups in total. The van der Waals surface area contributed by atoms with E-state index in [1.54, 1.807) is 30.6 Å². The minimum Gasteiger partial charge on any atom is -0.478 e. The number of thiazole rings is 1. The number of carbonyl (C=O) groups excluding carboxylic acids is 1. The second-order valence-electron chi connectivity index (χ2n) is 3.89. The van der Waals surface area contributed by atoms with Gasteiger partial charge in [-0.25, -0.2) is 9.78 Å². The molecule has 4 nitrogen and oxygen atoms in total. The van der Waals surface area contributed by atoms with Gasteiger partial charge in [-0.15, -0.1) is 11.3 Å². The number of nitrogens with zero attached hydrogens (tertiary/aromatic N) is 1. The number of allylic oxidation sites excluding steroid dienone is 1. The lowest BCUT2D eigenvalue weighted by Gasteiger charge is -1.96. The Kier molecular flexibility index (Phi) is 3.87. The molecule has 0 radical (unpaired) electrons. The molecular formula is C14H11NO3S. The Morgan fingerprint density at radius 3 is 2.47 bits per heavy atom. The number of aromatic carboxylic acids is 1. The van der Waals surface area contributed by atoms with E-state index in [1.165, 1.54) is 29.5 Å². The van der Waals surface area contributed by atoms with Gasteiger partial charge < -0.3 is 5.11 Å². The molecule has 0 saturated carbocycles. The second kappa shape index (κ2) is 5.58. The highest BCUT2D eigenvalue weighted by atomic mass is 32.1. The number of carboxylic acid groups (broad SMARTS) is 1. The first-order valence-electron chi connectivity index (χ1n) is 5.54. The lowest BCUT2D eigenvalue weighted by atomic mass is 10.1. The van der Waals surface area contributed by atoms with Gasteiger partial charge >= 0.3 is 5.97 Å². The topological polar surface area (TPSA) is 67.3 Å². The maximum atomic E-state index is 11.9. The molecule has 2 rings (SSSR count). The first kappa shape index (κ1) is 13.2. The maximum Gasteiger partial charge on any atom is 0.335 e. The first-order chi connectivity index (χ1) is 9.08. The highest BCUT2D eigenvalue weighted by Crippen LogP contribution is 2.14. The number of hydrogen-bond donors (Lipinski definition) is 1. The molecule has 0 saturated heterocycles. The number of hydrogen-bond acceptors (Lipinski definition) is 4. The maximum absolute atomic E-state index is 11.9. The Balaban J connectivity index is 2.13. The van der Waals surface area contributed by atoms with Crippen LogP contribution >= 0.6 is 11.3 Å². The molecule has 5 heteroatoms. The highest BCUT2D eigenvalue weighted by Gasteiger charge is 2.08. The van der Waals surface area contributed by atoms with Crippen molar-refractivity contribution in [3.8, 4) is 0 Å². The smallest absolute Gasteiger partial charge is 0.335 e. The molecular weight excluding hydrogens is 262 g/mol. The normalized spacial score (nSPS) is 10.8. The minimum atomic E-state index is -0.966. The minimum absolute atomic E-state index is 0.0951. The Bertz CT molecular complexity index is 641. The van der Waals surface area contributed by atoms with Gasteiger partial charge in [0.1, 0.15) is 0 Å². The molecule has 1 heterocycles. The molecule has 0 aliphatic rings. The van der Waals surface area contributed by atoms with Gasteiger partial charge in [0.25, 0.3) is 0 Å². The summed E-state index contributed by atoms with van der Waals surface area (Å²) in [6.07, 6.45) is 3.13. The first-order valence-corrected chi connectivity index (χ1v) is 6.42. The summed E-state index contributed by atoms with van der Waals surface area (Å²) in [5.74, 6) is -1.06. The molecule has 0 aliphatic heterocycles. The van der Waals surface area contributed by atoms with Gasteiger partial charge in [-0.05, 0) is 30.7 Å². The third-order valence-electron chi connectivity index (χ3n) is 2.55. The van der Waals surface area contributed by atoms with Crippen LogP contribution in [0.25, 0.3) is 6.08 Å². The predicted molar refractivity (Wildman–Crippen MR) is 73.6 cm³/mol. The molecule has 96 valence electrons. The van der Waals surface area contributed by atoms with E-state index in [2.05, 4.69) is 4.98 Å². The molecule has 0 fully saturated rings. The van der Waals surface area contributed by atoms with Gasteiger partial charge in [-0.3, -0.25) is 4.79 Å². The third kappa shape index (κ3) is 3.14. The second-order valence-corrected chi connectivity index (χ2v) is 4.75. The average Bonchev–Trinajstić information content (AvgIpc) is 2.83. The van der Waals surface area contributed by atoms with Gasteiger partial charge in [0.2, 0.25) is 0 Å². The zero-order valence-electron chi connectivity index (χ0n) is 10.2. The predicted octanol–water partition coefficient (Wildman–Crippen LogP) is 3.05. The Hall–Kier alpha value is -2.27. The summed E-state index contributed by atoms with van der Waals surface area (Å²) < 4.78 is 0. The third-order valence-corrected chi connectivity index (χ3v) is 3.50. The molecule has 0 spiro atoms. The van der Waals surface area contributed by atoms with Crippen molar-refractivity contribution in [2.24, 2.45) is 0 Å². The number of benzene rings is 1. The van der Waals surface area contributed by atoms with Crippen LogP contribution < -0.4 is 0 Å². The van der Waals surface area contributed by atoms with Crippen LogP contribution in [0.3, 0.4) is 0 Å². The van der Waals surface area contributed by atoms with Gasteiger partial charge in [-0.1, -0.05) is 18.2 Å². The van der Waals surface area contributed by atoms with E-state index in [9.17, 15) is 9.59 Å². The summed E-state index contributed by atoms with van der Waals surface area (Å²) >= 11 is 1.31. The van der Waals surface area contributed by atoms with E-state index in [0.29, 0.717) is 4.88 Å². The number of aryl methyl sites for hydroxylation is 1. The summed E-state index contributed by atoms with van der Waals surface area (Å²) in [6, 6.07) is 6.33. The largest absolute Gasteiger partial charge is 0.478 e. The fraction of sp³-hybridized carbons (Fsp3) is 0.0714. The van der Waals surface area contributed by atoms with Crippen LogP contribution in [0, 0.1) is 6.92 Å². The fourth-order valence-electron chi connectivity index (χ4n) is 1.52. The lowest BCUT2D eigenvalue weighted by molar-refractivity contribution is 0.0696. The molecule has 1 aromatic heterocycles. The average molecular weight is 273 g/mol. The number of carboxylic acids is 1. The standard InChI is InChI=1S/C14H11NO3S/c1-9-13(19-8-15-9)12(16)7-4-10-2-5-11(6-3-10)14(17)18/h2-8H,1H3,(H,17,18)/b7-4-. The van der Waals surface area contributed by atoms with Crippen LogP contribution in [0.1, 0.15) is 31.3 Å². The zero-order valence-corrected chi connectivity index (χ0v) is 11.0. The van der Waals surface area contributed by atoms with Crippen LogP contribution in [0.4, 0.5) is 0 Å². The van der Waals surface area contributed by atoms with Crippen molar-refractivity contribution < 1.29 is 14.7 Å².